The summed E-state index contributed by atoms with van der Waals surface area (Å²) in [5, 5.41) is 0. The summed E-state index contributed by atoms with van der Waals surface area (Å²) in [6, 6.07) is 0.0125. The minimum absolute atomic E-state index is 0.0125. The molecule has 0 amide bonds. The fourth-order valence-electron chi connectivity index (χ4n) is 2.34. The molecular weight excluding hydrogens is 226 g/mol. The Balaban J connectivity index is 2.02. The van der Waals surface area contributed by atoms with Crippen molar-refractivity contribution in [2.75, 3.05) is 26.2 Å². The van der Waals surface area contributed by atoms with Crippen LogP contribution in [0.3, 0.4) is 0 Å². The third-order valence-electron chi connectivity index (χ3n) is 3.58. The summed E-state index contributed by atoms with van der Waals surface area (Å²) in [6.07, 6.45) is 2.72. The molecule has 0 bridgehead atoms. The molecule has 2 rings (SSSR count). The molecule has 0 aromatic heterocycles. The van der Waals surface area contributed by atoms with Gasteiger partial charge in [0.25, 0.3) is 10.2 Å². The molecule has 0 saturated carbocycles. The van der Waals surface area contributed by atoms with Crippen molar-refractivity contribution in [3.05, 3.63) is 0 Å². The second kappa shape index (κ2) is 4.60. The highest BCUT2D eigenvalue weighted by molar-refractivity contribution is 7.86. The Morgan fingerprint density at radius 1 is 1.06 bits per heavy atom. The van der Waals surface area contributed by atoms with E-state index in [4.69, 9.17) is 5.73 Å². The van der Waals surface area contributed by atoms with Crippen LogP contribution in [0.2, 0.25) is 0 Å². The van der Waals surface area contributed by atoms with Gasteiger partial charge in [-0.05, 0) is 25.2 Å². The number of hydrogen-bond donors (Lipinski definition) is 1. The summed E-state index contributed by atoms with van der Waals surface area (Å²) in [6.45, 7) is 4.56. The summed E-state index contributed by atoms with van der Waals surface area (Å²) < 4.78 is 27.6. The van der Waals surface area contributed by atoms with E-state index in [2.05, 4.69) is 6.92 Å². The highest BCUT2D eigenvalue weighted by atomic mass is 32.2. The molecule has 2 N–H and O–H groups in total. The zero-order chi connectivity index (χ0) is 11.8. The van der Waals surface area contributed by atoms with Gasteiger partial charge in [0.2, 0.25) is 0 Å². The molecule has 1 atom stereocenters. The number of nitrogens with two attached hydrogens (primary N) is 1. The largest absolute Gasteiger partial charge is 0.326 e. The van der Waals surface area contributed by atoms with Crippen LogP contribution in [0.25, 0.3) is 0 Å². The van der Waals surface area contributed by atoms with Gasteiger partial charge in [-0.25, -0.2) is 0 Å². The van der Waals surface area contributed by atoms with Crippen molar-refractivity contribution in [2.24, 2.45) is 11.7 Å². The van der Waals surface area contributed by atoms with Crippen molar-refractivity contribution < 1.29 is 8.42 Å². The van der Waals surface area contributed by atoms with Crippen LogP contribution in [0.4, 0.5) is 0 Å². The first-order valence-corrected chi connectivity index (χ1v) is 7.40. The first-order valence-electron chi connectivity index (χ1n) is 6.01. The van der Waals surface area contributed by atoms with Crippen molar-refractivity contribution in [2.45, 2.75) is 32.2 Å². The molecule has 2 aliphatic rings. The van der Waals surface area contributed by atoms with E-state index < -0.39 is 10.2 Å². The summed E-state index contributed by atoms with van der Waals surface area (Å²) >= 11 is 0. The minimum atomic E-state index is -3.23. The lowest BCUT2D eigenvalue weighted by Gasteiger charge is -2.32. The lowest BCUT2D eigenvalue weighted by atomic mass is 10.0. The van der Waals surface area contributed by atoms with E-state index in [0.29, 0.717) is 32.1 Å². The maximum atomic E-state index is 12.2. The molecule has 5 nitrogen and oxygen atoms in total. The third-order valence-corrected chi connectivity index (χ3v) is 5.58. The second-order valence-electron chi connectivity index (χ2n) is 5.00. The smallest absolute Gasteiger partial charge is 0.282 e. The Morgan fingerprint density at radius 3 is 2.12 bits per heavy atom. The highest BCUT2D eigenvalue weighted by Crippen LogP contribution is 2.22. The van der Waals surface area contributed by atoms with Crippen molar-refractivity contribution in [1.29, 1.82) is 0 Å². The zero-order valence-corrected chi connectivity index (χ0v) is 10.6. The molecule has 0 aliphatic carbocycles. The van der Waals surface area contributed by atoms with E-state index in [0.717, 1.165) is 19.3 Å². The van der Waals surface area contributed by atoms with E-state index in [-0.39, 0.29) is 6.04 Å². The van der Waals surface area contributed by atoms with Crippen LogP contribution < -0.4 is 5.73 Å². The van der Waals surface area contributed by atoms with Crippen LogP contribution in [0.5, 0.6) is 0 Å². The van der Waals surface area contributed by atoms with Crippen molar-refractivity contribution in [3.63, 3.8) is 0 Å². The number of hydrogen-bond acceptors (Lipinski definition) is 3. The summed E-state index contributed by atoms with van der Waals surface area (Å²) in [5.74, 6) is 0.646. The monoisotopic (exact) mass is 247 g/mol. The fourth-order valence-corrected chi connectivity index (χ4v) is 4.06. The Morgan fingerprint density at radius 2 is 1.62 bits per heavy atom. The molecule has 2 fully saturated rings. The maximum absolute atomic E-state index is 12.2. The van der Waals surface area contributed by atoms with Gasteiger partial charge in [0.05, 0.1) is 0 Å². The average Bonchev–Trinajstić information content (AvgIpc) is 2.66. The van der Waals surface area contributed by atoms with Crippen LogP contribution in [-0.2, 0) is 10.2 Å². The predicted octanol–water partition coefficient (Wildman–Crippen LogP) is -0.00390. The normalized spacial score (nSPS) is 31.0. The summed E-state index contributed by atoms with van der Waals surface area (Å²) in [4.78, 5) is 0. The van der Waals surface area contributed by atoms with E-state index in [9.17, 15) is 8.42 Å². The molecular formula is C10H21N3O2S. The lowest BCUT2D eigenvalue weighted by Crippen LogP contribution is -2.46. The minimum Gasteiger partial charge on any atom is -0.326 e. The molecule has 0 aromatic carbocycles. The molecule has 0 spiro atoms. The predicted molar refractivity (Wildman–Crippen MR) is 63.1 cm³/mol. The van der Waals surface area contributed by atoms with Crippen LogP contribution in [0.1, 0.15) is 26.2 Å². The molecule has 0 radical (unpaired) electrons. The van der Waals surface area contributed by atoms with E-state index in [1.165, 1.54) is 4.31 Å². The maximum Gasteiger partial charge on any atom is 0.282 e. The first kappa shape index (κ1) is 12.3. The van der Waals surface area contributed by atoms with Gasteiger partial charge < -0.3 is 5.73 Å². The number of rotatable bonds is 2. The molecule has 2 aliphatic heterocycles. The standard InChI is InChI=1S/C10H21N3O2S/c1-9-2-5-12(6-3-9)16(14,15)13-7-4-10(11)8-13/h9-10H,2-8,11H2,1H3/t10-/m0/s1. The van der Waals surface area contributed by atoms with Crippen LogP contribution in [0, 0.1) is 5.92 Å². The molecule has 0 unspecified atom stereocenters. The Kier molecular flexibility index (Phi) is 3.53. The number of piperidine rings is 1. The Bertz CT molecular complexity index is 336. The Labute approximate surface area is 97.8 Å². The summed E-state index contributed by atoms with van der Waals surface area (Å²) in [5.41, 5.74) is 5.75. The Hall–Kier alpha value is -0.170. The first-order chi connectivity index (χ1) is 7.50. The molecule has 16 heavy (non-hydrogen) atoms. The highest BCUT2D eigenvalue weighted by Gasteiger charge is 2.35. The zero-order valence-electron chi connectivity index (χ0n) is 9.80. The van der Waals surface area contributed by atoms with Crippen molar-refractivity contribution in [1.82, 2.24) is 8.61 Å². The van der Waals surface area contributed by atoms with Gasteiger partial charge in [0, 0.05) is 32.2 Å². The molecule has 2 heterocycles. The topological polar surface area (TPSA) is 66.6 Å². The van der Waals surface area contributed by atoms with E-state index >= 15 is 0 Å². The van der Waals surface area contributed by atoms with Crippen LogP contribution in [0.15, 0.2) is 0 Å². The van der Waals surface area contributed by atoms with Gasteiger partial charge in [-0.1, -0.05) is 6.92 Å². The number of nitrogens with zero attached hydrogens (tertiary/aromatic N) is 2. The van der Waals surface area contributed by atoms with Crippen molar-refractivity contribution in [3.8, 4) is 0 Å². The van der Waals surface area contributed by atoms with Gasteiger partial charge in [-0.2, -0.15) is 17.0 Å². The van der Waals surface area contributed by atoms with E-state index in [1.54, 1.807) is 4.31 Å². The molecule has 0 aromatic rings. The van der Waals surface area contributed by atoms with Gasteiger partial charge in [-0.15, -0.1) is 0 Å². The van der Waals surface area contributed by atoms with Crippen LogP contribution >= 0.6 is 0 Å². The molecule has 2 saturated heterocycles. The van der Waals surface area contributed by atoms with Crippen LogP contribution in [-0.4, -0.2) is 49.2 Å². The van der Waals surface area contributed by atoms with Gasteiger partial charge in [-0.3, -0.25) is 0 Å². The van der Waals surface area contributed by atoms with E-state index in [1.807, 2.05) is 0 Å². The second-order valence-corrected chi connectivity index (χ2v) is 6.92. The van der Waals surface area contributed by atoms with Gasteiger partial charge in [0.1, 0.15) is 0 Å². The van der Waals surface area contributed by atoms with Gasteiger partial charge >= 0.3 is 0 Å². The average molecular weight is 247 g/mol. The molecule has 6 heteroatoms. The molecule has 94 valence electrons. The fraction of sp³-hybridized carbons (Fsp3) is 1.00. The SMILES string of the molecule is CC1CCN(S(=O)(=O)N2CC[C@H](N)C2)CC1. The third kappa shape index (κ3) is 2.40. The lowest BCUT2D eigenvalue weighted by molar-refractivity contribution is 0.270. The van der Waals surface area contributed by atoms with Gasteiger partial charge in [0.15, 0.2) is 0 Å². The quantitative estimate of drug-likeness (QED) is 0.746. The van der Waals surface area contributed by atoms with Crippen molar-refractivity contribution >= 4 is 10.2 Å². The summed E-state index contributed by atoms with van der Waals surface area (Å²) in [7, 11) is -3.23.